The summed E-state index contributed by atoms with van der Waals surface area (Å²) < 4.78 is 0. The van der Waals surface area contributed by atoms with Crippen LogP contribution in [-0.4, -0.2) is 26.4 Å². The van der Waals surface area contributed by atoms with Gasteiger partial charge in [0.05, 0.1) is 0 Å². The van der Waals surface area contributed by atoms with Gasteiger partial charge in [0.15, 0.2) is 0 Å². The molecule has 0 atom stereocenters. The maximum absolute atomic E-state index is 11.6. The van der Waals surface area contributed by atoms with E-state index in [1.807, 2.05) is 73.5 Å². The van der Waals surface area contributed by atoms with Crippen molar-refractivity contribution in [1.82, 2.24) is 0 Å². The first-order valence-electron chi connectivity index (χ1n) is 15.0. The molecule has 43 heavy (non-hydrogen) atoms. The largest absolute Gasteiger partial charge is 2.00 e. The Morgan fingerprint density at radius 2 is 0.721 bits per heavy atom. The van der Waals surface area contributed by atoms with Crippen LogP contribution in [0.15, 0.2) is 84.9 Å². The Morgan fingerprint density at radius 3 is 0.977 bits per heavy atom. The van der Waals surface area contributed by atoms with Crippen molar-refractivity contribution in [1.29, 1.82) is 0 Å². The molecule has 0 heterocycles. The van der Waals surface area contributed by atoms with E-state index in [1.165, 1.54) is 0 Å². The van der Waals surface area contributed by atoms with Gasteiger partial charge in [0.25, 0.3) is 0 Å². The van der Waals surface area contributed by atoms with Crippen LogP contribution in [0.5, 0.6) is 0 Å². The fraction of sp³-hybridized carbons (Fsp3) is 0.410. The molecule has 0 saturated heterocycles. The van der Waals surface area contributed by atoms with E-state index in [4.69, 9.17) is 0 Å². The smallest absolute Gasteiger partial charge is 0.299 e. The minimum Gasteiger partial charge on any atom is -0.299 e. The number of rotatable bonds is 8. The Bertz CT molecular complexity index is 1100. The number of hydrogen-bond acceptors (Lipinski definition) is 1. The summed E-state index contributed by atoms with van der Waals surface area (Å²) in [7, 11) is -0.538. The monoisotopic (exact) mass is 706 g/mol. The SMILES string of the molecule is CC(C)(C)P(c1ccccc1P(C(C)(C)C)C(C)(C)C)C(C)(C)C.O=C([CH][CH]c1ccccc1)[CH][CH]c1ccccc1.[Pd+2]. The molecule has 0 N–H and O–H groups in total. The maximum atomic E-state index is 11.6. The summed E-state index contributed by atoms with van der Waals surface area (Å²) in [5.74, 6) is -0.0114. The summed E-state index contributed by atoms with van der Waals surface area (Å²) in [6.45, 7) is 29.1. The van der Waals surface area contributed by atoms with Crippen LogP contribution < -0.4 is 10.6 Å². The van der Waals surface area contributed by atoms with E-state index >= 15 is 0 Å². The molecule has 0 aromatic heterocycles. The van der Waals surface area contributed by atoms with Crippen molar-refractivity contribution < 1.29 is 25.2 Å². The summed E-state index contributed by atoms with van der Waals surface area (Å²) in [5, 5.41) is 4.51. The maximum Gasteiger partial charge on any atom is 2.00 e. The predicted molar refractivity (Wildman–Crippen MR) is 192 cm³/mol. The number of carbonyl (C=O) groups is 1. The van der Waals surface area contributed by atoms with Gasteiger partial charge in [-0.2, -0.15) is 0 Å². The van der Waals surface area contributed by atoms with Gasteiger partial charge in [-0.25, -0.2) is 0 Å². The zero-order chi connectivity index (χ0) is 31.8. The Hall–Kier alpha value is -1.15. The van der Waals surface area contributed by atoms with Gasteiger partial charge in [0.2, 0.25) is 0 Å². The van der Waals surface area contributed by atoms with E-state index in [9.17, 15) is 4.79 Å². The van der Waals surface area contributed by atoms with Crippen LogP contribution >= 0.6 is 15.8 Å². The first-order chi connectivity index (χ1) is 19.3. The Morgan fingerprint density at radius 1 is 0.465 bits per heavy atom. The van der Waals surface area contributed by atoms with Gasteiger partial charge in [-0.3, -0.25) is 4.79 Å². The molecule has 0 saturated carbocycles. The molecule has 3 aromatic carbocycles. The molecule has 4 heteroatoms. The summed E-state index contributed by atoms with van der Waals surface area (Å²) in [5.41, 5.74) is 2.05. The average molecular weight is 707 g/mol. The third-order valence-corrected chi connectivity index (χ3v) is 13.8. The van der Waals surface area contributed by atoms with Crippen LogP contribution in [0, 0.1) is 25.7 Å². The second-order valence-corrected chi connectivity index (χ2v) is 22.4. The number of Topliss-reactive ketones (excluding diaryl/α,β-unsaturated/α-hetero) is 1. The van der Waals surface area contributed by atoms with Gasteiger partial charge in [0, 0.05) is 25.7 Å². The molecular formula is C39H54OP2Pd+2. The molecule has 4 radical (unpaired) electrons. The molecular weight excluding hydrogens is 653 g/mol. The van der Waals surface area contributed by atoms with E-state index < -0.39 is 0 Å². The van der Waals surface area contributed by atoms with Crippen LogP contribution in [0.1, 0.15) is 94.2 Å². The van der Waals surface area contributed by atoms with Crippen LogP contribution in [0.2, 0.25) is 0 Å². The van der Waals surface area contributed by atoms with Crippen molar-refractivity contribution >= 4 is 32.2 Å². The number of carbonyl (C=O) groups excluding carboxylic acids is 1. The molecule has 234 valence electrons. The Labute approximate surface area is 281 Å². The molecule has 0 aliphatic heterocycles. The van der Waals surface area contributed by atoms with Crippen molar-refractivity contribution in [3.8, 4) is 0 Å². The van der Waals surface area contributed by atoms with Crippen molar-refractivity contribution in [3.05, 3.63) is 122 Å². The van der Waals surface area contributed by atoms with E-state index in [2.05, 4.69) is 107 Å². The summed E-state index contributed by atoms with van der Waals surface area (Å²) in [4.78, 5) is 11.6. The number of hydrogen-bond donors (Lipinski definition) is 0. The minimum atomic E-state index is -0.269. The van der Waals surface area contributed by atoms with Crippen LogP contribution in [0.4, 0.5) is 0 Å². The fourth-order valence-corrected chi connectivity index (χ4v) is 14.4. The molecule has 3 rings (SSSR count). The molecule has 1 nitrogen and oxygen atoms in total. The molecule has 0 aliphatic carbocycles. The Kier molecular flexibility index (Phi) is 15.7. The van der Waals surface area contributed by atoms with Crippen molar-refractivity contribution in [2.75, 3.05) is 0 Å². The quantitative estimate of drug-likeness (QED) is 0.168. The van der Waals surface area contributed by atoms with Crippen LogP contribution in [-0.2, 0) is 25.2 Å². The second-order valence-electron chi connectivity index (χ2n) is 14.7. The van der Waals surface area contributed by atoms with E-state index in [-0.39, 0.29) is 42.0 Å². The predicted octanol–water partition coefficient (Wildman–Crippen LogP) is 10.6. The van der Waals surface area contributed by atoms with E-state index in [1.54, 1.807) is 23.5 Å². The molecule has 0 bridgehead atoms. The molecule has 3 aromatic rings. The topological polar surface area (TPSA) is 17.1 Å². The first-order valence-corrected chi connectivity index (χ1v) is 17.7. The third kappa shape index (κ3) is 13.4. The second kappa shape index (κ2) is 17.0. The molecule has 0 aliphatic rings. The first kappa shape index (κ1) is 39.9. The standard InChI is InChI=1S/C22H40P2.C17H14O.Pd/c1-19(2,3)23(20(4,5)6)17-15-13-14-16-18(17)24(21(7,8)9)22(10,11)12;18-17(13-11-15-7-3-1-4-8-15)14-12-16-9-5-2-6-10-16;/h13-16H,1-12H3;1-14H;/q;;+2. The van der Waals surface area contributed by atoms with Crippen LogP contribution in [0.25, 0.3) is 0 Å². The van der Waals surface area contributed by atoms with Crippen LogP contribution in [0.3, 0.4) is 0 Å². The molecule has 0 spiro atoms. The van der Waals surface area contributed by atoms with Crippen molar-refractivity contribution in [2.45, 2.75) is 104 Å². The zero-order valence-electron chi connectivity index (χ0n) is 28.5. The minimum absolute atomic E-state index is 0. The van der Waals surface area contributed by atoms with Gasteiger partial charge in [-0.15, -0.1) is 0 Å². The summed E-state index contributed by atoms with van der Waals surface area (Å²) >= 11 is 0. The summed E-state index contributed by atoms with van der Waals surface area (Å²) in [6.07, 6.45) is 6.79. The molecule has 0 unspecified atom stereocenters. The van der Waals surface area contributed by atoms with Gasteiger partial charge >= 0.3 is 20.4 Å². The van der Waals surface area contributed by atoms with Gasteiger partial charge in [0.1, 0.15) is 5.78 Å². The average Bonchev–Trinajstić information content (AvgIpc) is 2.86. The fourth-order valence-electron chi connectivity index (χ4n) is 5.84. The van der Waals surface area contributed by atoms with Crippen molar-refractivity contribution in [3.63, 3.8) is 0 Å². The van der Waals surface area contributed by atoms with Gasteiger partial charge in [-0.05, 0) is 42.4 Å². The Balaban J connectivity index is 0.000000435. The normalized spacial score (nSPS) is 12.4. The van der Waals surface area contributed by atoms with Gasteiger partial charge in [-0.1, -0.05) is 184 Å². The number of benzene rings is 3. The zero-order valence-corrected chi connectivity index (χ0v) is 31.9. The molecule has 0 fully saturated rings. The van der Waals surface area contributed by atoms with E-state index in [0.717, 1.165) is 11.1 Å². The molecule has 0 amide bonds. The third-order valence-electron chi connectivity index (χ3n) is 6.53. The van der Waals surface area contributed by atoms with Crippen molar-refractivity contribution in [2.24, 2.45) is 0 Å². The number of ketones is 1. The van der Waals surface area contributed by atoms with E-state index in [0.29, 0.717) is 20.6 Å². The van der Waals surface area contributed by atoms with Gasteiger partial charge < -0.3 is 0 Å². The summed E-state index contributed by atoms with van der Waals surface area (Å²) in [6, 6.07) is 28.9.